The summed E-state index contributed by atoms with van der Waals surface area (Å²) in [5.74, 6) is -0.219. The number of carbonyl (C=O) groups excluding carboxylic acids is 2. The molecule has 1 aromatic carbocycles. The van der Waals surface area contributed by atoms with Crippen LogP contribution in [0, 0.1) is 0 Å². The molecular formula is C25H28N4O3S. The van der Waals surface area contributed by atoms with Crippen molar-refractivity contribution in [2.45, 2.75) is 52.7 Å². The fraction of sp³-hybridized carbons (Fsp3) is 0.320. The number of aromatic amines is 1. The van der Waals surface area contributed by atoms with E-state index in [9.17, 15) is 9.59 Å². The minimum atomic E-state index is -0.632. The van der Waals surface area contributed by atoms with Gasteiger partial charge in [-0.25, -0.2) is 9.78 Å². The van der Waals surface area contributed by atoms with Gasteiger partial charge in [0.25, 0.3) is 5.91 Å². The van der Waals surface area contributed by atoms with E-state index in [4.69, 9.17) is 4.74 Å². The Balaban J connectivity index is 1.91. The predicted octanol–water partition coefficient (Wildman–Crippen LogP) is 6.07. The lowest BCUT2D eigenvalue weighted by atomic mass is 9.96. The molecule has 3 heterocycles. The van der Waals surface area contributed by atoms with Gasteiger partial charge in [-0.15, -0.1) is 11.3 Å². The van der Waals surface area contributed by atoms with E-state index in [0.29, 0.717) is 16.5 Å². The summed E-state index contributed by atoms with van der Waals surface area (Å²) in [4.78, 5) is 34.0. The topological polar surface area (TPSA) is 89.0 Å². The Hall–Kier alpha value is -3.39. The van der Waals surface area contributed by atoms with Gasteiger partial charge in [0, 0.05) is 39.8 Å². The number of benzene rings is 1. The third kappa shape index (κ3) is 4.71. The highest BCUT2D eigenvalue weighted by Gasteiger charge is 2.26. The van der Waals surface area contributed by atoms with Crippen molar-refractivity contribution in [3.63, 3.8) is 0 Å². The third-order valence-electron chi connectivity index (χ3n) is 4.90. The number of hydrogen-bond donors (Lipinski definition) is 2. The van der Waals surface area contributed by atoms with Crippen LogP contribution >= 0.6 is 11.3 Å². The Kier molecular flexibility index (Phi) is 5.66. The van der Waals surface area contributed by atoms with Crippen LogP contribution in [0.25, 0.3) is 33.4 Å². The highest BCUT2D eigenvalue weighted by atomic mass is 32.1. The van der Waals surface area contributed by atoms with Gasteiger partial charge in [0.1, 0.15) is 5.60 Å². The molecule has 172 valence electrons. The third-order valence-corrected chi connectivity index (χ3v) is 5.49. The van der Waals surface area contributed by atoms with Crippen molar-refractivity contribution in [1.82, 2.24) is 19.9 Å². The molecule has 0 fully saturated rings. The van der Waals surface area contributed by atoms with Crippen LogP contribution in [0.3, 0.4) is 0 Å². The van der Waals surface area contributed by atoms with Crippen LogP contribution in [0.2, 0.25) is 0 Å². The molecule has 8 heteroatoms. The Morgan fingerprint density at radius 2 is 1.82 bits per heavy atom. The molecule has 3 aromatic heterocycles. The lowest BCUT2D eigenvalue weighted by molar-refractivity contribution is 0.0544. The minimum absolute atomic E-state index is 0.219. The fourth-order valence-electron chi connectivity index (χ4n) is 3.69. The van der Waals surface area contributed by atoms with Crippen molar-refractivity contribution in [1.29, 1.82) is 0 Å². The molecule has 0 aliphatic heterocycles. The van der Waals surface area contributed by atoms with Crippen LogP contribution in [0.4, 0.5) is 4.79 Å². The minimum Gasteiger partial charge on any atom is -0.443 e. The number of nitrogens with zero attached hydrogens (tertiary/aromatic N) is 2. The Bertz CT molecular complexity index is 1320. The van der Waals surface area contributed by atoms with Gasteiger partial charge in [0.2, 0.25) is 0 Å². The monoisotopic (exact) mass is 464 g/mol. The smallest absolute Gasteiger partial charge is 0.418 e. The van der Waals surface area contributed by atoms with Crippen molar-refractivity contribution in [3.05, 3.63) is 53.1 Å². The van der Waals surface area contributed by atoms with Gasteiger partial charge in [-0.05, 0) is 65.8 Å². The first-order chi connectivity index (χ1) is 15.4. The molecule has 1 amide bonds. The number of ether oxygens (including phenoxy) is 1. The highest BCUT2D eigenvalue weighted by Crippen LogP contribution is 2.36. The zero-order valence-corrected chi connectivity index (χ0v) is 20.5. The number of rotatable bonds is 3. The van der Waals surface area contributed by atoms with E-state index < -0.39 is 17.2 Å². The lowest BCUT2D eigenvalue weighted by Gasteiger charge is -2.22. The van der Waals surface area contributed by atoms with Crippen molar-refractivity contribution in [3.8, 4) is 22.5 Å². The molecule has 0 aliphatic carbocycles. The van der Waals surface area contributed by atoms with Gasteiger partial charge in [0.15, 0.2) is 0 Å². The highest BCUT2D eigenvalue weighted by molar-refractivity contribution is 7.07. The molecule has 0 saturated carbocycles. The summed E-state index contributed by atoms with van der Waals surface area (Å²) in [7, 11) is 0. The average molecular weight is 465 g/mol. The number of hydrogen-bond acceptors (Lipinski definition) is 5. The Morgan fingerprint density at radius 1 is 1.06 bits per heavy atom. The maximum atomic E-state index is 13.5. The number of nitrogens with one attached hydrogen (secondary N) is 2. The molecule has 0 radical (unpaired) electrons. The second kappa shape index (κ2) is 8.19. The fourth-order valence-corrected chi connectivity index (χ4v) is 4.25. The zero-order chi connectivity index (χ0) is 24.0. The van der Waals surface area contributed by atoms with E-state index in [0.717, 1.165) is 22.5 Å². The maximum absolute atomic E-state index is 13.5. The Morgan fingerprint density at radius 3 is 2.45 bits per heavy atom. The molecule has 0 spiro atoms. The second-order valence-electron chi connectivity index (χ2n) is 9.93. The number of carbonyl (C=O) groups is 2. The average Bonchev–Trinajstić information content (AvgIpc) is 3.42. The normalized spacial score (nSPS) is 12.2. The number of H-pyrrole nitrogens is 1. The van der Waals surface area contributed by atoms with Crippen molar-refractivity contribution >= 4 is 34.2 Å². The summed E-state index contributed by atoms with van der Waals surface area (Å²) >= 11 is 1.51. The summed E-state index contributed by atoms with van der Waals surface area (Å²) in [5.41, 5.74) is 5.09. The van der Waals surface area contributed by atoms with E-state index in [1.165, 1.54) is 15.9 Å². The van der Waals surface area contributed by atoms with E-state index in [1.807, 2.05) is 71.3 Å². The first-order valence-corrected chi connectivity index (χ1v) is 11.6. The molecule has 33 heavy (non-hydrogen) atoms. The van der Waals surface area contributed by atoms with Crippen LogP contribution in [0.5, 0.6) is 0 Å². The van der Waals surface area contributed by atoms with Gasteiger partial charge in [-0.2, -0.15) is 0 Å². The summed E-state index contributed by atoms with van der Waals surface area (Å²) in [6.45, 7) is 11.3. The van der Waals surface area contributed by atoms with Crippen molar-refractivity contribution in [2.75, 3.05) is 0 Å². The number of fused-ring (bicyclic) bond motifs is 1. The Labute approximate surface area is 196 Å². The van der Waals surface area contributed by atoms with E-state index in [2.05, 4.69) is 15.3 Å². The first-order valence-electron chi connectivity index (χ1n) is 10.7. The summed E-state index contributed by atoms with van der Waals surface area (Å²) in [6.07, 6.45) is 2.99. The van der Waals surface area contributed by atoms with E-state index in [1.54, 1.807) is 17.8 Å². The second-order valence-corrected chi connectivity index (χ2v) is 10.6. The van der Waals surface area contributed by atoms with Crippen LogP contribution in [-0.2, 0) is 4.74 Å². The quantitative estimate of drug-likeness (QED) is 0.385. The van der Waals surface area contributed by atoms with Crippen molar-refractivity contribution < 1.29 is 14.3 Å². The van der Waals surface area contributed by atoms with Crippen molar-refractivity contribution in [2.24, 2.45) is 0 Å². The predicted molar refractivity (Wildman–Crippen MR) is 132 cm³/mol. The first kappa shape index (κ1) is 22.8. The standard InChI is InChI=1S/C25H28N4O3S/c1-24(2,3)28-22(30)20-16-10-12-29(23(31)32-25(4,5)6)19(16)8-7-17(20)21-15(9-11-26-21)18-13-33-14-27-18/h7-14,26H,1-6H3,(H,28,30). The number of thiazole rings is 1. The molecule has 4 aromatic rings. The number of amides is 1. The summed E-state index contributed by atoms with van der Waals surface area (Å²) in [6, 6.07) is 7.44. The number of aromatic nitrogens is 3. The zero-order valence-electron chi connectivity index (χ0n) is 19.6. The molecule has 0 atom stereocenters. The van der Waals surface area contributed by atoms with Gasteiger partial charge in [-0.1, -0.05) is 0 Å². The molecule has 0 saturated heterocycles. The van der Waals surface area contributed by atoms with Crippen LogP contribution in [-0.4, -0.2) is 37.7 Å². The molecule has 4 rings (SSSR count). The lowest BCUT2D eigenvalue weighted by Crippen LogP contribution is -2.40. The van der Waals surface area contributed by atoms with E-state index in [-0.39, 0.29) is 5.91 Å². The SMILES string of the molecule is CC(C)(C)NC(=O)c1c(-c2[nH]ccc2-c2cscn2)ccc2c1ccn2C(=O)OC(C)(C)C. The van der Waals surface area contributed by atoms with Gasteiger partial charge >= 0.3 is 6.09 Å². The molecule has 7 nitrogen and oxygen atoms in total. The summed E-state index contributed by atoms with van der Waals surface area (Å²) in [5, 5.41) is 5.71. The van der Waals surface area contributed by atoms with Gasteiger partial charge < -0.3 is 15.0 Å². The van der Waals surface area contributed by atoms with Gasteiger partial charge in [0.05, 0.1) is 28.0 Å². The largest absolute Gasteiger partial charge is 0.443 e. The maximum Gasteiger partial charge on any atom is 0.418 e. The molecule has 0 bridgehead atoms. The van der Waals surface area contributed by atoms with Crippen LogP contribution < -0.4 is 5.32 Å². The van der Waals surface area contributed by atoms with Crippen LogP contribution in [0.15, 0.2) is 47.5 Å². The molecule has 2 N–H and O–H groups in total. The van der Waals surface area contributed by atoms with Crippen LogP contribution in [0.1, 0.15) is 51.9 Å². The molecule has 0 aliphatic rings. The molecule has 0 unspecified atom stereocenters. The molecular weight excluding hydrogens is 436 g/mol. The van der Waals surface area contributed by atoms with E-state index >= 15 is 0 Å². The summed E-state index contributed by atoms with van der Waals surface area (Å²) < 4.78 is 6.99. The van der Waals surface area contributed by atoms with Gasteiger partial charge in [-0.3, -0.25) is 9.36 Å².